The van der Waals surface area contributed by atoms with Crippen LogP contribution in [0.25, 0.3) is 0 Å². The number of likely N-dealkylation sites (N-methyl/N-ethyl adjacent to an activating group) is 1. The van der Waals surface area contributed by atoms with Crippen LogP contribution in [0.2, 0.25) is 0 Å². The van der Waals surface area contributed by atoms with Gasteiger partial charge in [0.15, 0.2) is 0 Å². The molecular formula is C26H34FNO3. The Bertz CT molecular complexity index is 881. The van der Waals surface area contributed by atoms with E-state index in [2.05, 4.69) is 6.92 Å². The molecule has 31 heavy (non-hydrogen) atoms. The van der Waals surface area contributed by atoms with Crippen molar-refractivity contribution in [2.75, 3.05) is 20.3 Å². The number of Topliss-reactive ketones (excluding diaryl/α,β-unsaturated/α-hetero) is 1. The summed E-state index contributed by atoms with van der Waals surface area (Å²) in [6, 6.07) is 5.54. The quantitative estimate of drug-likeness (QED) is 0.695. The van der Waals surface area contributed by atoms with E-state index in [1.165, 1.54) is 11.1 Å². The Morgan fingerprint density at radius 3 is 2.84 bits per heavy atom. The zero-order chi connectivity index (χ0) is 21.8. The normalized spacial score (nSPS) is 34.5. The van der Waals surface area contributed by atoms with E-state index in [9.17, 15) is 14.0 Å². The van der Waals surface area contributed by atoms with Crippen molar-refractivity contribution >= 4 is 11.7 Å². The molecule has 0 radical (unpaired) electrons. The molecule has 5 heteroatoms. The third-order valence-corrected chi connectivity index (χ3v) is 9.06. The Hall–Kier alpha value is -1.75. The molecule has 2 saturated carbocycles. The molecule has 3 aliphatic carbocycles. The average molecular weight is 428 g/mol. The van der Waals surface area contributed by atoms with Crippen LogP contribution in [0.15, 0.2) is 18.2 Å². The number of aryl methyl sites for hydroxylation is 1. The molecule has 3 fully saturated rings. The second kappa shape index (κ2) is 7.99. The largest absolute Gasteiger partial charge is 0.377 e. The zero-order valence-corrected chi connectivity index (χ0v) is 18.7. The van der Waals surface area contributed by atoms with Crippen molar-refractivity contribution in [2.45, 2.75) is 70.3 Å². The highest BCUT2D eigenvalue weighted by Crippen LogP contribution is 2.62. The predicted molar refractivity (Wildman–Crippen MR) is 116 cm³/mol. The van der Waals surface area contributed by atoms with E-state index in [1.807, 2.05) is 18.0 Å². The number of carbonyl (C=O) groups is 2. The maximum atomic E-state index is 13.8. The molecule has 5 atom stereocenters. The molecule has 0 spiro atoms. The second-order valence-electron chi connectivity index (χ2n) is 10.6. The lowest BCUT2D eigenvalue weighted by Crippen LogP contribution is -2.49. The summed E-state index contributed by atoms with van der Waals surface area (Å²) >= 11 is 0. The zero-order valence-electron chi connectivity index (χ0n) is 18.7. The number of ketones is 1. The van der Waals surface area contributed by atoms with E-state index >= 15 is 0 Å². The Labute approximate surface area is 184 Å². The molecule has 1 amide bonds. The smallest absolute Gasteiger partial charge is 0.222 e. The number of benzene rings is 1. The molecule has 1 heterocycles. The number of nitrogens with zero attached hydrogens (tertiary/aromatic N) is 1. The number of amides is 1. The van der Waals surface area contributed by atoms with E-state index in [0.29, 0.717) is 55.5 Å². The number of rotatable bonds is 5. The van der Waals surface area contributed by atoms with Crippen LogP contribution in [0.1, 0.15) is 68.9 Å². The van der Waals surface area contributed by atoms with Gasteiger partial charge in [-0.3, -0.25) is 9.59 Å². The molecule has 0 N–H and O–H groups in total. The summed E-state index contributed by atoms with van der Waals surface area (Å²) in [5, 5.41) is 0. The number of carbonyl (C=O) groups excluding carboxylic acids is 2. The lowest BCUT2D eigenvalue weighted by Gasteiger charge is -2.50. The number of hydrogen-bond acceptors (Lipinski definition) is 3. The fourth-order valence-electron chi connectivity index (χ4n) is 7.22. The molecule has 4 nitrogen and oxygen atoms in total. The first-order valence-electron chi connectivity index (χ1n) is 12.0. The first-order valence-corrected chi connectivity index (χ1v) is 12.0. The Morgan fingerprint density at radius 2 is 2.10 bits per heavy atom. The fraction of sp³-hybridized carbons (Fsp3) is 0.692. The second-order valence-corrected chi connectivity index (χ2v) is 10.6. The van der Waals surface area contributed by atoms with E-state index in [0.717, 1.165) is 38.5 Å². The SMILES string of the molecule is CN(C(=O)CCC[C@@H]1CC(=O)[C@@]2(C)CCC3c4ccc(F)cc4CCC3C12)C1COC1. The summed E-state index contributed by atoms with van der Waals surface area (Å²) in [5.74, 6) is 2.19. The van der Waals surface area contributed by atoms with Crippen molar-refractivity contribution in [2.24, 2.45) is 23.2 Å². The van der Waals surface area contributed by atoms with Gasteiger partial charge in [-0.15, -0.1) is 0 Å². The number of ether oxygens (including phenoxy) is 1. The van der Waals surface area contributed by atoms with Crippen molar-refractivity contribution in [3.63, 3.8) is 0 Å². The predicted octanol–water partition coefficient (Wildman–Crippen LogP) is 4.50. The standard InChI is InChI=1S/C26H34FNO3/c1-26-11-10-21-20-9-7-18(27)12-16(20)6-8-22(21)25(26)17(13-23(26)29)4-3-5-24(30)28(2)19-14-31-15-19/h7,9,12,17,19,21-22,25H,3-6,8,10-11,13-15H2,1-2H3/t17-,21?,22?,25?,26-/m1/s1. The van der Waals surface area contributed by atoms with Gasteiger partial charge in [-0.25, -0.2) is 4.39 Å². The molecule has 168 valence electrons. The van der Waals surface area contributed by atoms with Crippen molar-refractivity contribution < 1.29 is 18.7 Å². The van der Waals surface area contributed by atoms with Gasteiger partial charge >= 0.3 is 0 Å². The van der Waals surface area contributed by atoms with Gasteiger partial charge in [0.25, 0.3) is 0 Å². The van der Waals surface area contributed by atoms with Gasteiger partial charge in [-0.1, -0.05) is 13.0 Å². The lowest BCUT2D eigenvalue weighted by atomic mass is 9.54. The summed E-state index contributed by atoms with van der Waals surface area (Å²) in [4.78, 5) is 27.5. The van der Waals surface area contributed by atoms with Gasteiger partial charge < -0.3 is 9.64 Å². The Balaban J connectivity index is 1.29. The molecule has 0 bridgehead atoms. The number of halogens is 1. The molecular weight excluding hydrogens is 393 g/mol. The van der Waals surface area contributed by atoms with Gasteiger partial charge in [0.1, 0.15) is 11.6 Å². The molecule has 0 aromatic heterocycles. The Morgan fingerprint density at radius 1 is 1.29 bits per heavy atom. The van der Waals surface area contributed by atoms with Crippen molar-refractivity contribution in [3.8, 4) is 0 Å². The summed E-state index contributed by atoms with van der Waals surface area (Å²) in [6.07, 6.45) is 6.95. The molecule has 3 unspecified atom stereocenters. The molecule has 4 aliphatic rings. The van der Waals surface area contributed by atoms with Gasteiger partial charge in [0.05, 0.1) is 19.3 Å². The topological polar surface area (TPSA) is 46.6 Å². The summed E-state index contributed by atoms with van der Waals surface area (Å²) < 4.78 is 19.0. The first kappa shape index (κ1) is 21.1. The van der Waals surface area contributed by atoms with E-state index in [4.69, 9.17) is 4.74 Å². The van der Waals surface area contributed by atoms with E-state index in [-0.39, 0.29) is 23.2 Å². The minimum Gasteiger partial charge on any atom is -0.377 e. The number of fused-ring (bicyclic) bond motifs is 5. The van der Waals surface area contributed by atoms with Gasteiger partial charge in [-0.05, 0) is 85.5 Å². The molecule has 1 aliphatic heterocycles. The summed E-state index contributed by atoms with van der Waals surface area (Å²) in [6.45, 7) is 3.49. The highest BCUT2D eigenvalue weighted by atomic mass is 19.1. The highest BCUT2D eigenvalue weighted by molar-refractivity contribution is 5.87. The van der Waals surface area contributed by atoms with E-state index < -0.39 is 0 Å². The van der Waals surface area contributed by atoms with Gasteiger partial charge in [0, 0.05) is 25.3 Å². The summed E-state index contributed by atoms with van der Waals surface area (Å²) in [7, 11) is 1.87. The van der Waals surface area contributed by atoms with Crippen LogP contribution in [0, 0.1) is 29.0 Å². The lowest BCUT2D eigenvalue weighted by molar-refractivity contribution is -0.141. The van der Waals surface area contributed by atoms with Crippen molar-refractivity contribution in [1.29, 1.82) is 0 Å². The molecule has 1 saturated heterocycles. The fourth-order valence-corrected chi connectivity index (χ4v) is 7.22. The first-order chi connectivity index (χ1) is 14.9. The maximum Gasteiger partial charge on any atom is 0.222 e. The van der Waals surface area contributed by atoms with Crippen LogP contribution in [-0.2, 0) is 20.7 Å². The maximum absolute atomic E-state index is 13.8. The summed E-state index contributed by atoms with van der Waals surface area (Å²) in [5.41, 5.74) is 2.27. The van der Waals surface area contributed by atoms with Crippen LogP contribution in [0.3, 0.4) is 0 Å². The molecule has 5 rings (SSSR count). The highest BCUT2D eigenvalue weighted by Gasteiger charge is 2.58. The van der Waals surface area contributed by atoms with Crippen molar-refractivity contribution in [1.82, 2.24) is 4.90 Å². The molecule has 1 aromatic rings. The number of hydrogen-bond donors (Lipinski definition) is 0. The Kier molecular flexibility index (Phi) is 5.44. The van der Waals surface area contributed by atoms with Gasteiger partial charge in [0.2, 0.25) is 5.91 Å². The minimum atomic E-state index is -0.215. The third-order valence-electron chi connectivity index (χ3n) is 9.06. The monoisotopic (exact) mass is 427 g/mol. The van der Waals surface area contributed by atoms with Crippen LogP contribution >= 0.6 is 0 Å². The molecule has 1 aromatic carbocycles. The van der Waals surface area contributed by atoms with Crippen LogP contribution in [-0.4, -0.2) is 42.9 Å². The average Bonchev–Trinajstić information content (AvgIpc) is 2.96. The van der Waals surface area contributed by atoms with Crippen LogP contribution in [0.4, 0.5) is 4.39 Å². The van der Waals surface area contributed by atoms with Gasteiger partial charge in [-0.2, -0.15) is 0 Å². The van der Waals surface area contributed by atoms with Crippen LogP contribution < -0.4 is 0 Å². The third kappa shape index (κ3) is 3.53. The van der Waals surface area contributed by atoms with Crippen molar-refractivity contribution in [3.05, 3.63) is 35.1 Å². The van der Waals surface area contributed by atoms with E-state index in [1.54, 1.807) is 12.1 Å². The minimum absolute atomic E-state index is 0.144. The van der Waals surface area contributed by atoms with Crippen LogP contribution in [0.5, 0.6) is 0 Å².